The van der Waals surface area contributed by atoms with E-state index in [0.717, 1.165) is 19.5 Å². The molecule has 1 nitrogen and oxygen atoms in total. The van der Waals surface area contributed by atoms with E-state index in [1.807, 2.05) is 0 Å². The van der Waals surface area contributed by atoms with Gasteiger partial charge in [0, 0.05) is 6.54 Å². The van der Waals surface area contributed by atoms with Crippen LogP contribution in [0.3, 0.4) is 0 Å². The van der Waals surface area contributed by atoms with Crippen molar-refractivity contribution in [2.24, 2.45) is 0 Å². The van der Waals surface area contributed by atoms with E-state index in [4.69, 9.17) is 0 Å². The van der Waals surface area contributed by atoms with Crippen molar-refractivity contribution in [2.75, 3.05) is 6.54 Å². The van der Waals surface area contributed by atoms with Crippen molar-refractivity contribution in [3.63, 3.8) is 0 Å². The van der Waals surface area contributed by atoms with E-state index >= 15 is 0 Å². The second kappa shape index (κ2) is 5.18. The maximum atomic E-state index is 3.45. The second-order valence-corrected chi connectivity index (χ2v) is 5.69. The summed E-state index contributed by atoms with van der Waals surface area (Å²) in [5.41, 5.74) is 7.04. The molecule has 1 N–H and O–H groups in total. The number of benzene rings is 2. The third-order valence-electron chi connectivity index (χ3n) is 3.98. The van der Waals surface area contributed by atoms with Crippen molar-refractivity contribution in [1.82, 2.24) is 5.32 Å². The minimum absolute atomic E-state index is 0.583. The Morgan fingerprint density at radius 2 is 1.79 bits per heavy atom. The first-order chi connectivity index (χ1) is 9.24. The van der Waals surface area contributed by atoms with Crippen molar-refractivity contribution in [3.05, 3.63) is 59.2 Å². The number of hydrogen-bond donors (Lipinski definition) is 1. The van der Waals surface area contributed by atoms with Gasteiger partial charge in [0.15, 0.2) is 0 Å². The molecular weight excluding hydrogens is 230 g/mol. The molecule has 0 aromatic heterocycles. The zero-order chi connectivity index (χ0) is 13.2. The Hall–Kier alpha value is -1.60. The smallest absolute Gasteiger partial charge is 0.0208 e. The Morgan fingerprint density at radius 3 is 2.63 bits per heavy atom. The lowest BCUT2D eigenvalue weighted by atomic mass is 9.93. The molecule has 0 saturated carbocycles. The fourth-order valence-electron chi connectivity index (χ4n) is 2.74. The van der Waals surface area contributed by atoms with Crippen molar-refractivity contribution in [1.29, 1.82) is 0 Å². The first-order valence-corrected chi connectivity index (χ1v) is 7.17. The van der Waals surface area contributed by atoms with E-state index in [0.29, 0.717) is 5.92 Å². The van der Waals surface area contributed by atoms with Gasteiger partial charge in [-0.1, -0.05) is 50.2 Å². The van der Waals surface area contributed by atoms with E-state index in [-0.39, 0.29) is 0 Å². The van der Waals surface area contributed by atoms with E-state index in [9.17, 15) is 0 Å². The molecule has 1 heteroatoms. The molecular formula is C18H21N. The molecule has 0 atom stereocenters. The molecule has 3 rings (SSSR count). The van der Waals surface area contributed by atoms with E-state index in [1.54, 1.807) is 0 Å². The summed E-state index contributed by atoms with van der Waals surface area (Å²) in [5.74, 6) is 0.583. The molecule has 0 unspecified atom stereocenters. The van der Waals surface area contributed by atoms with Crippen LogP contribution in [0.4, 0.5) is 0 Å². The summed E-state index contributed by atoms with van der Waals surface area (Å²) in [5, 5.41) is 3.45. The molecule has 0 radical (unpaired) electrons. The first-order valence-electron chi connectivity index (χ1n) is 7.17. The van der Waals surface area contributed by atoms with Gasteiger partial charge in [-0.2, -0.15) is 0 Å². The van der Waals surface area contributed by atoms with Crippen LogP contribution in [-0.4, -0.2) is 6.54 Å². The summed E-state index contributed by atoms with van der Waals surface area (Å²) in [4.78, 5) is 0. The normalized spacial score (nSPS) is 14.5. The van der Waals surface area contributed by atoms with Gasteiger partial charge in [0.05, 0.1) is 0 Å². The molecule has 98 valence electrons. The third kappa shape index (κ3) is 2.57. The quantitative estimate of drug-likeness (QED) is 0.846. The van der Waals surface area contributed by atoms with Gasteiger partial charge in [-0.05, 0) is 52.8 Å². The second-order valence-electron chi connectivity index (χ2n) is 5.69. The average Bonchev–Trinajstić information content (AvgIpc) is 2.47. The summed E-state index contributed by atoms with van der Waals surface area (Å²) in [6.07, 6.45) is 1.15. The van der Waals surface area contributed by atoms with Gasteiger partial charge in [-0.3, -0.25) is 0 Å². The zero-order valence-electron chi connectivity index (χ0n) is 11.7. The molecule has 2 aromatic carbocycles. The minimum Gasteiger partial charge on any atom is -0.312 e. The Kier molecular flexibility index (Phi) is 3.39. The molecule has 0 aliphatic carbocycles. The summed E-state index contributed by atoms with van der Waals surface area (Å²) in [6, 6.07) is 15.8. The predicted octanol–water partition coefficient (Wildman–Crippen LogP) is 4.12. The fourth-order valence-corrected chi connectivity index (χ4v) is 2.74. The van der Waals surface area contributed by atoms with Crippen LogP contribution >= 0.6 is 0 Å². The van der Waals surface area contributed by atoms with Gasteiger partial charge in [0.1, 0.15) is 0 Å². The highest BCUT2D eigenvalue weighted by molar-refractivity contribution is 5.66. The summed E-state index contributed by atoms with van der Waals surface area (Å²) in [7, 11) is 0. The highest BCUT2D eigenvalue weighted by Gasteiger charge is 2.10. The van der Waals surface area contributed by atoms with Crippen LogP contribution in [0.25, 0.3) is 11.1 Å². The number of fused-ring (bicyclic) bond motifs is 1. The topological polar surface area (TPSA) is 12.0 Å². The highest BCUT2D eigenvalue weighted by atomic mass is 14.9. The lowest BCUT2D eigenvalue weighted by Gasteiger charge is -2.18. The summed E-state index contributed by atoms with van der Waals surface area (Å²) in [6.45, 7) is 6.61. The maximum absolute atomic E-state index is 3.45. The molecule has 0 saturated heterocycles. The molecule has 1 heterocycles. The SMILES string of the molecule is CC(C)c1cccc(-c2ccc3c(c2)CNCC3)c1. The largest absolute Gasteiger partial charge is 0.312 e. The van der Waals surface area contributed by atoms with E-state index < -0.39 is 0 Å². The number of nitrogens with one attached hydrogen (secondary N) is 1. The van der Waals surface area contributed by atoms with Crippen LogP contribution in [-0.2, 0) is 13.0 Å². The minimum atomic E-state index is 0.583. The summed E-state index contributed by atoms with van der Waals surface area (Å²) >= 11 is 0. The zero-order valence-corrected chi connectivity index (χ0v) is 11.7. The van der Waals surface area contributed by atoms with Crippen LogP contribution in [0.15, 0.2) is 42.5 Å². The lowest BCUT2D eigenvalue weighted by Crippen LogP contribution is -2.23. The first kappa shape index (κ1) is 12.4. The maximum Gasteiger partial charge on any atom is 0.0208 e. The van der Waals surface area contributed by atoms with Gasteiger partial charge in [0.25, 0.3) is 0 Å². The molecule has 0 fully saturated rings. The van der Waals surface area contributed by atoms with Gasteiger partial charge < -0.3 is 5.32 Å². The lowest BCUT2D eigenvalue weighted by molar-refractivity contribution is 0.644. The van der Waals surface area contributed by atoms with Crippen molar-refractivity contribution >= 4 is 0 Å². The van der Waals surface area contributed by atoms with Gasteiger partial charge >= 0.3 is 0 Å². The van der Waals surface area contributed by atoms with Crippen LogP contribution in [0, 0.1) is 0 Å². The van der Waals surface area contributed by atoms with Crippen molar-refractivity contribution in [3.8, 4) is 11.1 Å². The molecule has 1 aliphatic heterocycles. The Bertz CT molecular complexity index is 584. The third-order valence-corrected chi connectivity index (χ3v) is 3.98. The molecule has 1 aliphatic rings. The molecule has 0 spiro atoms. The Balaban J connectivity index is 2.00. The fraction of sp³-hybridized carbons (Fsp3) is 0.333. The van der Waals surface area contributed by atoms with Crippen LogP contribution in [0.1, 0.15) is 36.5 Å². The van der Waals surface area contributed by atoms with Crippen LogP contribution in [0.5, 0.6) is 0 Å². The summed E-state index contributed by atoms with van der Waals surface area (Å²) < 4.78 is 0. The Morgan fingerprint density at radius 1 is 0.947 bits per heavy atom. The predicted molar refractivity (Wildman–Crippen MR) is 81.4 cm³/mol. The van der Waals surface area contributed by atoms with E-state index in [2.05, 4.69) is 61.6 Å². The van der Waals surface area contributed by atoms with Gasteiger partial charge in [0.2, 0.25) is 0 Å². The van der Waals surface area contributed by atoms with Crippen molar-refractivity contribution in [2.45, 2.75) is 32.7 Å². The monoisotopic (exact) mass is 251 g/mol. The number of hydrogen-bond acceptors (Lipinski definition) is 1. The number of rotatable bonds is 2. The standard InChI is InChI=1S/C18H21N/c1-13(2)15-4-3-5-16(10-15)17-7-6-14-8-9-19-12-18(14)11-17/h3-7,10-11,13,19H,8-9,12H2,1-2H3. The molecule has 2 aromatic rings. The van der Waals surface area contributed by atoms with Crippen molar-refractivity contribution < 1.29 is 0 Å². The van der Waals surface area contributed by atoms with E-state index in [1.165, 1.54) is 27.8 Å². The molecule has 0 bridgehead atoms. The Labute approximate surface area is 115 Å². The van der Waals surface area contributed by atoms with Crippen LogP contribution in [0.2, 0.25) is 0 Å². The van der Waals surface area contributed by atoms with Gasteiger partial charge in [-0.25, -0.2) is 0 Å². The van der Waals surface area contributed by atoms with Gasteiger partial charge in [-0.15, -0.1) is 0 Å². The highest BCUT2D eigenvalue weighted by Crippen LogP contribution is 2.27. The molecule has 19 heavy (non-hydrogen) atoms. The van der Waals surface area contributed by atoms with Crippen LogP contribution < -0.4 is 5.32 Å². The average molecular weight is 251 g/mol. The molecule has 0 amide bonds.